The fraction of sp³-hybridized carbons (Fsp3) is 0.357. The quantitative estimate of drug-likeness (QED) is 0.764. The summed E-state index contributed by atoms with van der Waals surface area (Å²) in [5.74, 6) is -1.26. The summed E-state index contributed by atoms with van der Waals surface area (Å²) in [4.78, 5) is 14.8. The van der Waals surface area contributed by atoms with Crippen molar-refractivity contribution >= 4 is 10.9 Å². The summed E-state index contributed by atoms with van der Waals surface area (Å²) >= 11 is 0. The predicted molar refractivity (Wildman–Crippen MR) is 67.9 cm³/mol. The molecule has 0 fully saturated rings. The van der Waals surface area contributed by atoms with Crippen LogP contribution in [0.4, 0.5) is 8.78 Å². The van der Waals surface area contributed by atoms with Crippen LogP contribution in [0.1, 0.15) is 32.0 Å². The topological polar surface area (TPSA) is 32.9 Å². The second-order valence-corrected chi connectivity index (χ2v) is 5.54. The summed E-state index contributed by atoms with van der Waals surface area (Å²) in [5, 5.41) is -0.208. The zero-order chi connectivity index (χ0) is 13.7. The maximum absolute atomic E-state index is 13.9. The van der Waals surface area contributed by atoms with Gasteiger partial charge in [0.1, 0.15) is 11.6 Å². The molecule has 0 saturated carbocycles. The van der Waals surface area contributed by atoms with Gasteiger partial charge in [0.15, 0.2) is 5.43 Å². The average Bonchev–Trinajstić information content (AvgIpc) is 2.24. The summed E-state index contributed by atoms with van der Waals surface area (Å²) in [6.07, 6.45) is 0. The van der Waals surface area contributed by atoms with Crippen molar-refractivity contribution in [2.45, 2.75) is 33.1 Å². The molecule has 0 aliphatic carbocycles. The molecule has 96 valence electrons. The Morgan fingerprint density at radius 1 is 1.17 bits per heavy atom. The van der Waals surface area contributed by atoms with Gasteiger partial charge in [-0.1, -0.05) is 20.8 Å². The third kappa shape index (κ3) is 1.92. The van der Waals surface area contributed by atoms with Gasteiger partial charge in [0, 0.05) is 17.2 Å². The summed E-state index contributed by atoms with van der Waals surface area (Å²) in [6.45, 7) is 7.13. The van der Waals surface area contributed by atoms with Gasteiger partial charge in [0.05, 0.1) is 10.9 Å². The van der Waals surface area contributed by atoms with Crippen molar-refractivity contribution in [1.82, 2.24) is 4.98 Å². The van der Waals surface area contributed by atoms with Crippen molar-refractivity contribution in [3.63, 3.8) is 0 Å². The molecule has 1 N–H and O–H groups in total. The Hall–Kier alpha value is -1.71. The molecular formula is C14H15F2NO. The molecule has 1 aromatic heterocycles. The van der Waals surface area contributed by atoms with Gasteiger partial charge in [0.2, 0.25) is 0 Å². The van der Waals surface area contributed by atoms with Crippen LogP contribution in [0.2, 0.25) is 0 Å². The number of aromatic amines is 1. The van der Waals surface area contributed by atoms with E-state index in [0.29, 0.717) is 5.69 Å². The number of H-pyrrole nitrogens is 1. The molecule has 0 aliphatic heterocycles. The minimum atomic E-state index is -0.659. The van der Waals surface area contributed by atoms with E-state index >= 15 is 0 Å². The van der Waals surface area contributed by atoms with E-state index in [1.165, 1.54) is 13.0 Å². The predicted octanol–water partition coefficient (Wildman–Crippen LogP) is 3.41. The molecule has 2 rings (SSSR count). The van der Waals surface area contributed by atoms with Crippen LogP contribution in [0.25, 0.3) is 10.9 Å². The molecule has 1 aromatic carbocycles. The summed E-state index contributed by atoms with van der Waals surface area (Å²) < 4.78 is 27.7. The Morgan fingerprint density at radius 2 is 1.78 bits per heavy atom. The molecule has 2 nitrogen and oxygen atoms in total. The van der Waals surface area contributed by atoms with E-state index in [1.54, 1.807) is 0 Å². The maximum Gasteiger partial charge on any atom is 0.192 e. The summed E-state index contributed by atoms with van der Waals surface area (Å²) in [7, 11) is 0. The first-order chi connectivity index (χ1) is 8.21. The summed E-state index contributed by atoms with van der Waals surface area (Å²) in [6, 6.07) is 2.43. The van der Waals surface area contributed by atoms with E-state index in [-0.39, 0.29) is 21.9 Å². The molecule has 0 amide bonds. The number of pyridine rings is 1. The standard InChI is InChI=1S/C14H15F2NO/c1-7-5-8(15)13-11(12(7)16)9(18)6-10(17-13)14(2,3)4/h5-6H,1-4H3,(H,17,18). The van der Waals surface area contributed by atoms with Crippen molar-refractivity contribution in [3.05, 3.63) is 45.2 Å². The Kier molecular flexibility index (Phi) is 2.76. The van der Waals surface area contributed by atoms with Gasteiger partial charge in [-0.25, -0.2) is 8.78 Å². The second kappa shape index (κ2) is 3.90. The number of hydrogen-bond acceptors (Lipinski definition) is 1. The number of aryl methyl sites for hydroxylation is 1. The minimum absolute atomic E-state index is 0.0597. The number of hydrogen-bond donors (Lipinski definition) is 1. The first-order valence-corrected chi connectivity index (χ1v) is 5.74. The highest BCUT2D eigenvalue weighted by molar-refractivity contribution is 5.80. The highest BCUT2D eigenvalue weighted by atomic mass is 19.1. The molecule has 4 heteroatoms. The van der Waals surface area contributed by atoms with Gasteiger partial charge < -0.3 is 4.98 Å². The van der Waals surface area contributed by atoms with Crippen LogP contribution in [0, 0.1) is 18.6 Å². The molecular weight excluding hydrogens is 236 g/mol. The molecule has 0 aliphatic rings. The molecule has 1 heterocycles. The van der Waals surface area contributed by atoms with E-state index in [9.17, 15) is 13.6 Å². The van der Waals surface area contributed by atoms with Crippen LogP contribution in [0.15, 0.2) is 16.9 Å². The van der Waals surface area contributed by atoms with Crippen LogP contribution >= 0.6 is 0 Å². The average molecular weight is 251 g/mol. The Labute approximate surface area is 104 Å². The number of aromatic nitrogens is 1. The van der Waals surface area contributed by atoms with Crippen molar-refractivity contribution in [3.8, 4) is 0 Å². The summed E-state index contributed by atoms with van der Waals surface area (Å²) in [5.41, 5.74) is -0.165. The molecule has 0 atom stereocenters. The lowest BCUT2D eigenvalue weighted by Gasteiger charge is -2.19. The highest BCUT2D eigenvalue weighted by Crippen LogP contribution is 2.24. The third-order valence-electron chi connectivity index (χ3n) is 2.99. The van der Waals surface area contributed by atoms with Gasteiger partial charge >= 0.3 is 0 Å². The smallest absolute Gasteiger partial charge is 0.192 e. The largest absolute Gasteiger partial charge is 0.355 e. The van der Waals surface area contributed by atoms with Gasteiger partial charge in [-0.15, -0.1) is 0 Å². The molecule has 0 saturated heterocycles. The SMILES string of the molecule is Cc1cc(F)c2[nH]c(C(C)(C)C)cc(=O)c2c1F. The first-order valence-electron chi connectivity index (χ1n) is 5.74. The normalized spacial score (nSPS) is 12.1. The van der Waals surface area contributed by atoms with Gasteiger partial charge in [-0.2, -0.15) is 0 Å². The van der Waals surface area contributed by atoms with Crippen LogP contribution in [0.5, 0.6) is 0 Å². The van der Waals surface area contributed by atoms with E-state index in [0.717, 1.165) is 6.07 Å². The molecule has 0 unspecified atom stereocenters. The molecule has 18 heavy (non-hydrogen) atoms. The molecule has 0 radical (unpaired) electrons. The first kappa shape index (κ1) is 12.7. The maximum atomic E-state index is 13.9. The second-order valence-electron chi connectivity index (χ2n) is 5.54. The number of rotatable bonds is 0. The number of nitrogens with one attached hydrogen (secondary N) is 1. The van der Waals surface area contributed by atoms with E-state index in [2.05, 4.69) is 4.98 Å². The van der Waals surface area contributed by atoms with E-state index in [1.807, 2.05) is 20.8 Å². The third-order valence-corrected chi connectivity index (χ3v) is 2.99. The molecule has 2 aromatic rings. The van der Waals surface area contributed by atoms with Gasteiger partial charge in [-0.05, 0) is 18.6 Å². The Bertz CT molecular complexity index is 681. The Balaban J connectivity index is 2.96. The zero-order valence-electron chi connectivity index (χ0n) is 10.8. The van der Waals surface area contributed by atoms with Gasteiger partial charge in [0.25, 0.3) is 0 Å². The Morgan fingerprint density at radius 3 is 2.33 bits per heavy atom. The number of halogens is 2. The fourth-order valence-corrected chi connectivity index (χ4v) is 1.88. The lowest BCUT2D eigenvalue weighted by molar-refractivity contribution is 0.565. The number of fused-ring (bicyclic) bond motifs is 1. The lowest BCUT2D eigenvalue weighted by atomic mass is 9.91. The minimum Gasteiger partial charge on any atom is -0.355 e. The van der Waals surface area contributed by atoms with Crippen LogP contribution in [0.3, 0.4) is 0 Å². The van der Waals surface area contributed by atoms with Crippen molar-refractivity contribution in [2.75, 3.05) is 0 Å². The monoisotopic (exact) mass is 251 g/mol. The lowest BCUT2D eigenvalue weighted by Crippen LogP contribution is -2.18. The molecule has 0 bridgehead atoms. The van der Waals surface area contributed by atoms with E-state index in [4.69, 9.17) is 0 Å². The van der Waals surface area contributed by atoms with Crippen molar-refractivity contribution in [1.29, 1.82) is 0 Å². The number of benzene rings is 1. The van der Waals surface area contributed by atoms with Crippen LogP contribution < -0.4 is 5.43 Å². The fourth-order valence-electron chi connectivity index (χ4n) is 1.88. The highest BCUT2D eigenvalue weighted by Gasteiger charge is 2.19. The van der Waals surface area contributed by atoms with Crippen molar-refractivity contribution in [2.24, 2.45) is 0 Å². The van der Waals surface area contributed by atoms with Gasteiger partial charge in [-0.3, -0.25) is 4.79 Å². The van der Waals surface area contributed by atoms with Crippen molar-refractivity contribution < 1.29 is 8.78 Å². The van der Waals surface area contributed by atoms with Crippen LogP contribution in [-0.2, 0) is 5.41 Å². The molecule has 0 spiro atoms. The zero-order valence-corrected chi connectivity index (χ0v) is 10.8. The van der Waals surface area contributed by atoms with E-state index < -0.39 is 17.1 Å². The van der Waals surface area contributed by atoms with Crippen LogP contribution in [-0.4, -0.2) is 4.98 Å².